The Kier molecular flexibility index (Phi) is 6.28. The molecule has 1 fully saturated rings. The quantitative estimate of drug-likeness (QED) is 0.790. The molecule has 146 valence electrons. The number of carbonyl (C=O) groups excluding carboxylic acids is 1. The van der Waals surface area contributed by atoms with E-state index < -0.39 is 0 Å². The second-order valence-corrected chi connectivity index (χ2v) is 7.01. The molecule has 3 rings (SSSR count). The van der Waals surface area contributed by atoms with Gasteiger partial charge >= 0.3 is 6.01 Å². The van der Waals surface area contributed by atoms with Gasteiger partial charge in [0.1, 0.15) is 5.75 Å². The second-order valence-electron chi connectivity index (χ2n) is 7.01. The second kappa shape index (κ2) is 8.85. The van der Waals surface area contributed by atoms with E-state index in [1.54, 1.807) is 7.11 Å². The van der Waals surface area contributed by atoms with Crippen LogP contribution in [0.4, 0.5) is 6.01 Å². The van der Waals surface area contributed by atoms with Crippen molar-refractivity contribution in [3.8, 4) is 17.1 Å². The maximum Gasteiger partial charge on any atom is 0.324 e. The molecule has 1 aromatic heterocycles. The summed E-state index contributed by atoms with van der Waals surface area (Å²) in [6.45, 7) is 2.89. The van der Waals surface area contributed by atoms with E-state index in [0.717, 1.165) is 37.2 Å². The number of rotatable bonds is 7. The minimum atomic E-state index is -0.0581. The van der Waals surface area contributed by atoms with Gasteiger partial charge in [-0.05, 0) is 51.2 Å². The number of hydrogen-bond donors (Lipinski definition) is 1. The van der Waals surface area contributed by atoms with Crippen LogP contribution in [0.25, 0.3) is 11.4 Å². The van der Waals surface area contributed by atoms with Crippen LogP contribution in [0.1, 0.15) is 12.8 Å². The van der Waals surface area contributed by atoms with Gasteiger partial charge in [0.05, 0.1) is 13.0 Å². The molecule has 2 heterocycles. The third-order valence-corrected chi connectivity index (χ3v) is 4.68. The van der Waals surface area contributed by atoms with Gasteiger partial charge < -0.3 is 24.4 Å². The summed E-state index contributed by atoms with van der Waals surface area (Å²) in [6, 6.07) is 7.97. The first kappa shape index (κ1) is 19.2. The van der Waals surface area contributed by atoms with Crippen molar-refractivity contribution in [1.29, 1.82) is 0 Å². The predicted octanol–water partition coefficient (Wildman–Crippen LogP) is 1.64. The number of nitrogens with one attached hydrogen (secondary N) is 1. The van der Waals surface area contributed by atoms with Gasteiger partial charge in [-0.25, -0.2) is 0 Å². The van der Waals surface area contributed by atoms with Crippen LogP contribution in [0.2, 0.25) is 0 Å². The highest BCUT2D eigenvalue weighted by Gasteiger charge is 2.28. The van der Waals surface area contributed by atoms with E-state index in [9.17, 15) is 4.79 Å². The molecular formula is C19H27N5O3. The highest BCUT2D eigenvalue weighted by Crippen LogP contribution is 2.25. The van der Waals surface area contributed by atoms with Crippen molar-refractivity contribution in [2.75, 3.05) is 52.3 Å². The van der Waals surface area contributed by atoms with E-state index in [1.807, 2.05) is 48.2 Å². The zero-order valence-corrected chi connectivity index (χ0v) is 16.1. The van der Waals surface area contributed by atoms with E-state index >= 15 is 0 Å². The summed E-state index contributed by atoms with van der Waals surface area (Å²) in [7, 11) is 5.61. The summed E-state index contributed by atoms with van der Waals surface area (Å²) in [5, 5.41) is 7.09. The summed E-state index contributed by atoms with van der Waals surface area (Å²) in [6.07, 6.45) is 1.80. The number of nitrogens with zero attached hydrogens (tertiary/aromatic N) is 4. The van der Waals surface area contributed by atoms with Crippen LogP contribution in [-0.4, -0.2) is 68.3 Å². The Morgan fingerprint density at radius 2 is 2.15 bits per heavy atom. The van der Waals surface area contributed by atoms with Crippen LogP contribution < -0.4 is 15.0 Å². The van der Waals surface area contributed by atoms with Crippen molar-refractivity contribution in [2.45, 2.75) is 12.8 Å². The van der Waals surface area contributed by atoms with Crippen LogP contribution in [0.3, 0.4) is 0 Å². The first-order valence-corrected chi connectivity index (χ1v) is 9.22. The Bertz CT molecular complexity index is 744. The molecule has 1 saturated heterocycles. The first-order valence-electron chi connectivity index (χ1n) is 9.22. The van der Waals surface area contributed by atoms with E-state index in [4.69, 9.17) is 9.26 Å². The summed E-state index contributed by atoms with van der Waals surface area (Å²) in [5.41, 5.74) is 0.862. The number of likely N-dealkylation sites (N-methyl/N-ethyl adjacent to an activating group) is 1. The van der Waals surface area contributed by atoms with Gasteiger partial charge in [0.2, 0.25) is 11.7 Å². The average molecular weight is 373 g/mol. The van der Waals surface area contributed by atoms with Crippen LogP contribution in [0.15, 0.2) is 28.8 Å². The molecule has 0 radical (unpaired) electrons. The Morgan fingerprint density at radius 1 is 1.37 bits per heavy atom. The van der Waals surface area contributed by atoms with Crippen molar-refractivity contribution in [2.24, 2.45) is 5.92 Å². The van der Waals surface area contributed by atoms with Crippen LogP contribution >= 0.6 is 0 Å². The molecule has 2 aromatic rings. The first-order chi connectivity index (χ1) is 13.1. The molecule has 27 heavy (non-hydrogen) atoms. The smallest absolute Gasteiger partial charge is 0.324 e. The molecule has 1 N–H and O–H groups in total. The molecule has 1 aliphatic heterocycles. The molecule has 1 unspecified atom stereocenters. The highest BCUT2D eigenvalue weighted by atomic mass is 16.5. The van der Waals surface area contributed by atoms with Gasteiger partial charge in [0.15, 0.2) is 0 Å². The van der Waals surface area contributed by atoms with Crippen LogP contribution in [-0.2, 0) is 4.79 Å². The zero-order valence-electron chi connectivity index (χ0n) is 16.1. The average Bonchev–Trinajstić information content (AvgIpc) is 3.18. The summed E-state index contributed by atoms with van der Waals surface area (Å²) >= 11 is 0. The molecule has 8 heteroatoms. The van der Waals surface area contributed by atoms with Gasteiger partial charge in [-0.1, -0.05) is 5.16 Å². The van der Waals surface area contributed by atoms with Gasteiger partial charge in [-0.15, -0.1) is 0 Å². The molecule has 0 bridgehead atoms. The van der Waals surface area contributed by atoms with E-state index in [2.05, 4.69) is 15.5 Å². The summed E-state index contributed by atoms with van der Waals surface area (Å²) < 4.78 is 10.6. The topological polar surface area (TPSA) is 83.7 Å². The fourth-order valence-corrected chi connectivity index (χ4v) is 3.11. The van der Waals surface area contributed by atoms with Crippen molar-refractivity contribution < 1.29 is 14.1 Å². The van der Waals surface area contributed by atoms with E-state index in [-0.39, 0.29) is 11.8 Å². The molecule has 1 aromatic carbocycles. The largest absolute Gasteiger partial charge is 0.497 e. The van der Waals surface area contributed by atoms with Crippen molar-refractivity contribution >= 4 is 11.9 Å². The number of anilines is 1. The molecule has 8 nitrogen and oxygen atoms in total. The Morgan fingerprint density at radius 3 is 2.85 bits per heavy atom. The highest BCUT2D eigenvalue weighted by molar-refractivity contribution is 5.79. The Balaban J connectivity index is 1.61. The summed E-state index contributed by atoms with van der Waals surface area (Å²) in [4.78, 5) is 21.0. The minimum absolute atomic E-state index is 0.0581. The van der Waals surface area contributed by atoms with Gasteiger partial charge in [-0.2, -0.15) is 4.98 Å². The molecule has 0 saturated carbocycles. The Labute approximate surface area is 159 Å². The van der Waals surface area contributed by atoms with Crippen molar-refractivity contribution in [3.05, 3.63) is 24.3 Å². The molecule has 0 aliphatic carbocycles. The number of amides is 1. The fraction of sp³-hybridized carbons (Fsp3) is 0.526. The molecular weight excluding hydrogens is 346 g/mol. The Hall–Kier alpha value is -2.61. The number of piperidine rings is 1. The van der Waals surface area contributed by atoms with Crippen molar-refractivity contribution in [3.63, 3.8) is 0 Å². The lowest BCUT2D eigenvalue weighted by Crippen LogP contribution is -2.44. The SMILES string of the molecule is COc1ccc(-c2noc(N3CCCC(C(=O)NCCN(C)C)C3)n2)cc1. The van der Waals surface area contributed by atoms with E-state index in [1.165, 1.54) is 0 Å². The number of benzene rings is 1. The van der Waals surface area contributed by atoms with Crippen LogP contribution in [0, 0.1) is 5.92 Å². The van der Waals surface area contributed by atoms with Gasteiger partial charge in [0.25, 0.3) is 0 Å². The monoisotopic (exact) mass is 373 g/mol. The minimum Gasteiger partial charge on any atom is -0.497 e. The lowest BCUT2D eigenvalue weighted by Gasteiger charge is -2.30. The summed E-state index contributed by atoms with van der Waals surface area (Å²) in [5.74, 6) is 1.35. The predicted molar refractivity (Wildman–Crippen MR) is 103 cm³/mol. The van der Waals surface area contributed by atoms with Crippen molar-refractivity contribution in [1.82, 2.24) is 20.4 Å². The van der Waals surface area contributed by atoms with Gasteiger partial charge in [0, 0.05) is 31.7 Å². The lowest BCUT2D eigenvalue weighted by molar-refractivity contribution is -0.125. The number of ether oxygens (including phenoxy) is 1. The third kappa shape index (κ3) is 4.97. The zero-order chi connectivity index (χ0) is 19.2. The maximum atomic E-state index is 12.4. The number of hydrogen-bond acceptors (Lipinski definition) is 7. The number of carbonyl (C=O) groups is 1. The molecule has 0 spiro atoms. The molecule has 1 aliphatic rings. The van der Waals surface area contributed by atoms with Crippen LogP contribution in [0.5, 0.6) is 5.75 Å². The standard InChI is InChI=1S/C19H27N5O3/c1-23(2)12-10-20-18(25)15-5-4-11-24(13-15)19-21-17(22-27-19)14-6-8-16(26-3)9-7-14/h6-9,15H,4-5,10-13H2,1-3H3,(H,20,25). The molecule has 1 amide bonds. The number of methoxy groups -OCH3 is 1. The fourth-order valence-electron chi connectivity index (χ4n) is 3.11. The lowest BCUT2D eigenvalue weighted by atomic mass is 9.97. The third-order valence-electron chi connectivity index (χ3n) is 4.68. The maximum absolute atomic E-state index is 12.4. The van der Waals surface area contributed by atoms with Gasteiger partial charge in [-0.3, -0.25) is 4.79 Å². The normalized spacial score (nSPS) is 17.2. The van der Waals surface area contributed by atoms with E-state index in [0.29, 0.717) is 24.9 Å². The molecule has 1 atom stereocenters. The number of aromatic nitrogens is 2.